The van der Waals surface area contributed by atoms with E-state index in [1.165, 1.54) is 0 Å². The average molecular weight is 340 g/mol. The molecule has 0 N–H and O–H groups in total. The highest BCUT2D eigenvalue weighted by Gasteiger charge is 2.23. The van der Waals surface area contributed by atoms with E-state index < -0.39 is 0 Å². The number of aryl methyl sites for hydroxylation is 1. The third kappa shape index (κ3) is 3.12. The van der Waals surface area contributed by atoms with Crippen LogP contribution < -0.4 is 4.74 Å². The van der Waals surface area contributed by atoms with Crippen molar-refractivity contribution in [3.05, 3.63) is 36.5 Å². The van der Waals surface area contributed by atoms with E-state index >= 15 is 0 Å². The van der Waals surface area contributed by atoms with Gasteiger partial charge in [0.1, 0.15) is 5.69 Å². The molecule has 0 radical (unpaired) electrons. The van der Waals surface area contributed by atoms with Gasteiger partial charge in [0, 0.05) is 44.0 Å². The minimum absolute atomic E-state index is 0.314. The van der Waals surface area contributed by atoms with Gasteiger partial charge in [-0.1, -0.05) is 0 Å². The summed E-state index contributed by atoms with van der Waals surface area (Å²) in [6, 6.07) is 3.78. The summed E-state index contributed by atoms with van der Waals surface area (Å²) in [7, 11) is 3.49. The molecule has 1 aliphatic heterocycles. The molecule has 1 fully saturated rings. The Bertz CT molecular complexity index is 866. The maximum atomic E-state index is 5.46. The predicted octanol–water partition coefficient (Wildman–Crippen LogP) is 1.97. The molecule has 0 bridgehead atoms. The van der Waals surface area contributed by atoms with Crippen molar-refractivity contribution in [2.24, 2.45) is 7.05 Å². The van der Waals surface area contributed by atoms with Gasteiger partial charge < -0.3 is 9.47 Å². The molecule has 0 aromatic carbocycles. The van der Waals surface area contributed by atoms with Gasteiger partial charge in [-0.05, 0) is 18.9 Å². The van der Waals surface area contributed by atoms with Crippen LogP contribution in [0.3, 0.4) is 0 Å². The molecule has 1 aliphatic rings. The van der Waals surface area contributed by atoms with Gasteiger partial charge in [0.05, 0.1) is 19.5 Å². The molecule has 0 spiro atoms. The van der Waals surface area contributed by atoms with Gasteiger partial charge in [0.15, 0.2) is 11.6 Å². The fourth-order valence-corrected chi connectivity index (χ4v) is 3.00. The smallest absolute Gasteiger partial charge is 0.213 e. The molecule has 0 saturated carbocycles. The van der Waals surface area contributed by atoms with Crippen molar-refractivity contribution in [2.75, 3.05) is 20.3 Å². The maximum Gasteiger partial charge on any atom is 0.213 e. The summed E-state index contributed by atoms with van der Waals surface area (Å²) in [6.45, 7) is 1.51. The zero-order valence-corrected chi connectivity index (χ0v) is 14.3. The Balaban J connectivity index is 1.81. The second-order valence-corrected chi connectivity index (χ2v) is 6.05. The quantitative estimate of drug-likeness (QED) is 0.722. The highest BCUT2D eigenvalue weighted by Crippen LogP contribution is 2.29. The zero-order valence-electron chi connectivity index (χ0n) is 14.3. The van der Waals surface area contributed by atoms with E-state index in [1.54, 1.807) is 24.2 Å². The first-order valence-electron chi connectivity index (χ1n) is 8.29. The number of hydrogen-bond donors (Lipinski definition) is 0. The lowest BCUT2D eigenvalue weighted by Gasteiger charge is -2.18. The molecule has 4 rings (SSSR count). The molecule has 0 atom stereocenters. The number of ether oxygens (including phenoxy) is 2. The van der Waals surface area contributed by atoms with E-state index in [9.17, 15) is 0 Å². The lowest BCUT2D eigenvalue weighted by Crippen LogP contribution is -2.15. The molecule has 0 unspecified atom stereocenters. The summed E-state index contributed by atoms with van der Waals surface area (Å²) in [6.07, 6.45) is 7.30. The maximum absolute atomic E-state index is 5.46. The van der Waals surface area contributed by atoms with Crippen molar-refractivity contribution in [3.8, 4) is 23.0 Å². The van der Waals surface area contributed by atoms with Crippen LogP contribution in [-0.4, -0.2) is 49.9 Å². The molecule has 4 heterocycles. The van der Waals surface area contributed by atoms with Crippen LogP contribution >= 0.6 is 0 Å². The van der Waals surface area contributed by atoms with Gasteiger partial charge >= 0.3 is 0 Å². The van der Waals surface area contributed by atoms with Crippen molar-refractivity contribution in [3.63, 3.8) is 0 Å². The standard InChI is InChI=1S/C17H20N6O2/c1-22-11-14(10-19-22)23-17(13-3-6-18-15(9-13)24-2)20-16(21-23)12-4-7-25-8-5-12/h3,6,9-12H,4-5,7-8H2,1-2H3. The number of pyridine rings is 1. The highest BCUT2D eigenvalue weighted by molar-refractivity contribution is 5.58. The molecular formula is C17H20N6O2. The van der Waals surface area contributed by atoms with Gasteiger partial charge in [-0.25, -0.2) is 14.6 Å². The fourth-order valence-electron chi connectivity index (χ4n) is 3.00. The van der Waals surface area contributed by atoms with E-state index in [-0.39, 0.29) is 0 Å². The lowest BCUT2D eigenvalue weighted by molar-refractivity contribution is 0.0836. The first-order chi connectivity index (χ1) is 12.2. The third-order valence-corrected chi connectivity index (χ3v) is 4.35. The Morgan fingerprint density at radius 1 is 1.28 bits per heavy atom. The van der Waals surface area contributed by atoms with Gasteiger partial charge in [0.2, 0.25) is 5.88 Å². The number of nitrogens with zero attached hydrogens (tertiary/aromatic N) is 6. The van der Waals surface area contributed by atoms with Crippen LogP contribution in [-0.2, 0) is 11.8 Å². The van der Waals surface area contributed by atoms with E-state index in [4.69, 9.17) is 19.6 Å². The average Bonchev–Trinajstić information content (AvgIpc) is 3.29. The summed E-state index contributed by atoms with van der Waals surface area (Å²) in [5.41, 5.74) is 1.78. The molecule has 1 saturated heterocycles. The van der Waals surface area contributed by atoms with Crippen molar-refractivity contribution < 1.29 is 9.47 Å². The minimum atomic E-state index is 0.314. The van der Waals surface area contributed by atoms with Crippen LogP contribution in [0.25, 0.3) is 17.1 Å². The number of rotatable bonds is 4. The van der Waals surface area contributed by atoms with E-state index in [0.717, 1.165) is 49.0 Å². The predicted molar refractivity (Wildman–Crippen MR) is 90.7 cm³/mol. The fraction of sp³-hybridized carbons (Fsp3) is 0.412. The first-order valence-corrected chi connectivity index (χ1v) is 8.29. The van der Waals surface area contributed by atoms with Crippen LogP contribution in [0.1, 0.15) is 24.6 Å². The van der Waals surface area contributed by atoms with E-state index in [2.05, 4.69) is 10.1 Å². The monoisotopic (exact) mass is 340 g/mol. The highest BCUT2D eigenvalue weighted by atomic mass is 16.5. The SMILES string of the molecule is COc1cc(-c2nc(C3CCOCC3)nn2-c2cnn(C)c2)ccn1. The van der Waals surface area contributed by atoms with Crippen molar-refractivity contribution >= 4 is 0 Å². The third-order valence-electron chi connectivity index (χ3n) is 4.35. The lowest BCUT2D eigenvalue weighted by atomic mass is 10.00. The second-order valence-electron chi connectivity index (χ2n) is 6.05. The first kappa shape index (κ1) is 15.8. The topological polar surface area (TPSA) is 79.9 Å². The number of hydrogen-bond acceptors (Lipinski definition) is 6. The Kier molecular flexibility index (Phi) is 4.19. The molecule has 8 heteroatoms. The van der Waals surface area contributed by atoms with E-state index in [0.29, 0.717) is 11.8 Å². The Labute approximate surface area is 145 Å². The Morgan fingerprint density at radius 2 is 2.12 bits per heavy atom. The van der Waals surface area contributed by atoms with Crippen LogP contribution in [0.2, 0.25) is 0 Å². The minimum Gasteiger partial charge on any atom is -0.481 e. The Hall–Kier alpha value is -2.74. The zero-order chi connectivity index (χ0) is 17.2. The number of aromatic nitrogens is 6. The van der Waals surface area contributed by atoms with Crippen molar-refractivity contribution in [1.29, 1.82) is 0 Å². The molecule has 130 valence electrons. The number of methoxy groups -OCH3 is 1. The van der Waals surface area contributed by atoms with E-state index in [1.807, 2.05) is 30.1 Å². The molecule has 8 nitrogen and oxygen atoms in total. The van der Waals surface area contributed by atoms with Gasteiger partial charge in [0.25, 0.3) is 0 Å². The van der Waals surface area contributed by atoms with Crippen molar-refractivity contribution in [2.45, 2.75) is 18.8 Å². The summed E-state index contributed by atoms with van der Waals surface area (Å²) < 4.78 is 14.3. The van der Waals surface area contributed by atoms with Gasteiger partial charge in [-0.3, -0.25) is 4.68 Å². The van der Waals surface area contributed by atoms with Crippen molar-refractivity contribution in [1.82, 2.24) is 29.5 Å². The molecule has 3 aromatic heterocycles. The molecule has 0 aliphatic carbocycles. The summed E-state index contributed by atoms with van der Waals surface area (Å²) in [5.74, 6) is 2.47. The molecule has 25 heavy (non-hydrogen) atoms. The van der Waals surface area contributed by atoms with Crippen LogP contribution in [0, 0.1) is 0 Å². The molecular weight excluding hydrogens is 320 g/mol. The molecule has 0 amide bonds. The largest absolute Gasteiger partial charge is 0.481 e. The molecule has 3 aromatic rings. The van der Waals surface area contributed by atoms with Crippen LogP contribution in [0.4, 0.5) is 0 Å². The summed E-state index contributed by atoms with van der Waals surface area (Å²) >= 11 is 0. The summed E-state index contributed by atoms with van der Waals surface area (Å²) in [4.78, 5) is 9.02. The second kappa shape index (κ2) is 6.64. The normalized spacial score (nSPS) is 15.4. The summed E-state index contributed by atoms with van der Waals surface area (Å²) in [5, 5.41) is 9.04. The van der Waals surface area contributed by atoms with Crippen LogP contribution in [0.15, 0.2) is 30.7 Å². The van der Waals surface area contributed by atoms with Gasteiger partial charge in [-0.15, -0.1) is 0 Å². The Morgan fingerprint density at radius 3 is 2.84 bits per heavy atom. The van der Waals surface area contributed by atoms with Crippen LogP contribution in [0.5, 0.6) is 5.88 Å². The van der Waals surface area contributed by atoms with Gasteiger partial charge in [-0.2, -0.15) is 10.2 Å².